The molecule has 64 valence electrons. The van der Waals surface area contributed by atoms with Crippen molar-refractivity contribution in [2.75, 3.05) is 0 Å². The molecule has 1 aromatic rings. The molecule has 1 amide bonds. The maximum atomic E-state index is 10.6. The molecule has 5 heteroatoms. The van der Waals surface area contributed by atoms with Gasteiger partial charge in [-0.15, -0.1) is 11.6 Å². The summed E-state index contributed by atoms with van der Waals surface area (Å²) in [6, 6.07) is 3.40. The molecule has 1 rings (SSSR count). The Morgan fingerprint density at radius 3 is 2.92 bits per heavy atom. The van der Waals surface area contributed by atoms with Crippen LogP contribution in [0.5, 0.6) is 0 Å². The first-order valence-corrected chi connectivity index (χ1v) is 4.39. The van der Waals surface area contributed by atoms with Gasteiger partial charge in [0, 0.05) is 10.7 Å². The smallest absolute Gasteiger partial charge is 0.241 e. The first-order valence-electron chi connectivity index (χ1n) is 3.16. The summed E-state index contributed by atoms with van der Waals surface area (Å²) in [6.45, 7) is 0. The van der Waals surface area contributed by atoms with E-state index in [4.69, 9.17) is 17.3 Å². The second-order valence-corrected chi connectivity index (χ2v) is 3.52. The highest BCUT2D eigenvalue weighted by Gasteiger charge is 2.15. The number of aromatic nitrogens is 1. The lowest BCUT2D eigenvalue weighted by molar-refractivity contribution is -0.117. The summed E-state index contributed by atoms with van der Waals surface area (Å²) in [4.78, 5) is 14.5. The van der Waals surface area contributed by atoms with Crippen molar-refractivity contribution >= 4 is 33.4 Å². The van der Waals surface area contributed by atoms with Crippen molar-refractivity contribution in [3.05, 3.63) is 28.5 Å². The van der Waals surface area contributed by atoms with Gasteiger partial charge >= 0.3 is 0 Å². The molecular weight excluding hydrogens is 243 g/mol. The standard InChI is InChI=1S/C7H6BrClN2O/c8-4-1-2-11-5(3-4)6(9)7(10)12/h1-3,6H,(H2,10,12). The van der Waals surface area contributed by atoms with Crippen LogP contribution >= 0.6 is 27.5 Å². The van der Waals surface area contributed by atoms with E-state index >= 15 is 0 Å². The molecule has 1 unspecified atom stereocenters. The summed E-state index contributed by atoms with van der Waals surface area (Å²) in [5.41, 5.74) is 5.45. The summed E-state index contributed by atoms with van der Waals surface area (Å²) in [5, 5.41) is -0.859. The van der Waals surface area contributed by atoms with E-state index in [2.05, 4.69) is 20.9 Å². The molecule has 0 aliphatic heterocycles. The summed E-state index contributed by atoms with van der Waals surface area (Å²) < 4.78 is 0.819. The molecule has 0 aliphatic carbocycles. The van der Waals surface area contributed by atoms with Crippen LogP contribution in [0.2, 0.25) is 0 Å². The third kappa shape index (κ3) is 2.19. The Labute approximate surface area is 83.1 Å². The van der Waals surface area contributed by atoms with Gasteiger partial charge in [0.2, 0.25) is 5.91 Å². The molecule has 1 aromatic heterocycles. The Balaban J connectivity index is 2.95. The molecule has 1 atom stereocenters. The molecule has 12 heavy (non-hydrogen) atoms. The van der Waals surface area contributed by atoms with Crippen molar-refractivity contribution in [1.29, 1.82) is 0 Å². The fourth-order valence-electron chi connectivity index (χ4n) is 0.706. The van der Waals surface area contributed by atoms with Crippen molar-refractivity contribution in [3.63, 3.8) is 0 Å². The summed E-state index contributed by atoms with van der Waals surface area (Å²) >= 11 is 8.88. The Kier molecular flexibility index (Phi) is 3.05. The Morgan fingerprint density at radius 1 is 1.75 bits per heavy atom. The highest BCUT2D eigenvalue weighted by Crippen LogP contribution is 2.20. The molecule has 0 radical (unpaired) electrons. The molecule has 0 bridgehead atoms. The van der Waals surface area contributed by atoms with Gasteiger partial charge in [-0.05, 0) is 12.1 Å². The van der Waals surface area contributed by atoms with Crippen molar-refractivity contribution in [2.24, 2.45) is 5.73 Å². The quantitative estimate of drug-likeness (QED) is 0.810. The minimum absolute atomic E-state index is 0.457. The molecule has 2 N–H and O–H groups in total. The van der Waals surface area contributed by atoms with Crippen LogP contribution < -0.4 is 5.73 Å². The van der Waals surface area contributed by atoms with E-state index in [-0.39, 0.29) is 0 Å². The number of alkyl halides is 1. The van der Waals surface area contributed by atoms with Crippen LogP contribution in [0.15, 0.2) is 22.8 Å². The minimum Gasteiger partial charge on any atom is -0.368 e. The molecule has 0 saturated heterocycles. The fourth-order valence-corrected chi connectivity index (χ4v) is 1.18. The van der Waals surface area contributed by atoms with Gasteiger partial charge in [-0.3, -0.25) is 9.78 Å². The first kappa shape index (κ1) is 9.48. The average Bonchev–Trinajstić information content (AvgIpc) is 2.03. The molecule has 0 spiro atoms. The predicted molar refractivity (Wildman–Crippen MR) is 49.7 cm³/mol. The number of primary amides is 1. The van der Waals surface area contributed by atoms with E-state index in [1.807, 2.05) is 0 Å². The van der Waals surface area contributed by atoms with Crippen LogP contribution in [0.1, 0.15) is 11.1 Å². The van der Waals surface area contributed by atoms with E-state index in [1.54, 1.807) is 18.3 Å². The zero-order valence-corrected chi connectivity index (χ0v) is 8.34. The minimum atomic E-state index is -0.859. The fraction of sp³-hybridized carbons (Fsp3) is 0.143. The van der Waals surface area contributed by atoms with Crippen LogP contribution in [0.3, 0.4) is 0 Å². The molecule has 0 aliphatic rings. The largest absolute Gasteiger partial charge is 0.368 e. The molecule has 0 aromatic carbocycles. The van der Waals surface area contributed by atoms with Crippen LogP contribution in [0.4, 0.5) is 0 Å². The van der Waals surface area contributed by atoms with Gasteiger partial charge in [0.1, 0.15) is 0 Å². The van der Waals surface area contributed by atoms with E-state index in [0.29, 0.717) is 5.69 Å². The maximum absolute atomic E-state index is 10.6. The lowest BCUT2D eigenvalue weighted by Crippen LogP contribution is -2.17. The zero-order valence-electron chi connectivity index (χ0n) is 6.00. The number of amides is 1. The number of carbonyl (C=O) groups excluding carboxylic acids is 1. The molecule has 3 nitrogen and oxygen atoms in total. The second kappa shape index (κ2) is 3.87. The lowest BCUT2D eigenvalue weighted by atomic mass is 10.2. The SMILES string of the molecule is NC(=O)C(Cl)c1cc(Br)ccn1. The Bertz CT molecular complexity index is 305. The number of pyridine rings is 1. The predicted octanol–water partition coefficient (Wildman–Crippen LogP) is 1.61. The average molecular weight is 249 g/mol. The molecule has 1 heterocycles. The van der Waals surface area contributed by atoms with Gasteiger partial charge in [-0.1, -0.05) is 15.9 Å². The van der Waals surface area contributed by atoms with Gasteiger partial charge < -0.3 is 5.73 Å². The molecule has 0 fully saturated rings. The number of nitrogens with zero attached hydrogens (tertiary/aromatic N) is 1. The summed E-state index contributed by atoms with van der Waals surface area (Å²) in [5.74, 6) is -0.595. The zero-order chi connectivity index (χ0) is 9.14. The van der Waals surface area contributed by atoms with Crippen LogP contribution in [-0.2, 0) is 4.79 Å². The molecular formula is C7H6BrClN2O. The number of hydrogen-bond acceptors (Lipinski definition) is 2. The number of rotatable bonds is 2. The summed E-state index contributed by atoms with van der Waals surface area (Å²) in [6.07, 6.45) is 1.55. The number of nitrogens with two attached hydrogens (primary N) is 1. The maximum Gasteiger partial charge on any atom is 0.241 e. The van der Waals surface area contributed by atoms with Gasteiger partial charge in [0.25, 0.3) is 0 Å². The van der Waals surface area contributed by atoms with Crippen molar-refractivity contribution in [3.8, 4) is 0 Å². The van der Waals surface area contributed by atoms with E-state index in [9.17, 15) is 4.79 Å². The summed E-state index contributed by atoms with van der Waals surface area (Å²) in [7, 11) is 0. The Hall–Kier alpha value is -0.610. The lowest BCUT2D eigenvalue weighted by Gasteiger charge is -2.03. The van der Waals surface area contributed by atoms with Gasteiger partial charge in [0.15, 0.2) is 5.38 Å². The van der Waals surface area contributed by atoms with Gasteiger partial charge in [-0.25, -0.2) is 0 Å². The van der Waals surface area contributed by atoms with Gasteiger partial charge in [-0.2, -0.15) is 0 Å². The topological polar surface area (TPSA) is 56.0 Å². The second-order valence-electron chi connectivity index (χ2n) is 2.16. The highest BCUT2D eigenvalue weighted by atomic mass is 79.9. The number of carbonyl (C=O) groups is 1. The van der Waals surface area contributed by atoms with Crippen LogP contribution in [0, 0.1) is 0 Å². The third-order valence-electron chi connectivity index (χ3n) is 1.25. The Morgan fingerprint density at radius 2 is 2.42 bits per heavy atom. The normalized spacial score (nSPS) is 12.5. The van der Waals surface area contributed by atoms with E-state index in [1.165, 1.54) is 0 Å². The van der Waals surface area contributed by atoms with Crippen LogP contribution in [0.25, 0.3) is 0 Å². The van der Waals surface area contributed by atoms with Crippen molar-refractivity contribution in [2.45, 2.75) is 5.38 Å². The molecule has 0 saturated carbocycles. The number of halogens is 2. The monoisotopic (exact) mass is 248 g/mol. The first-order chi connectivity index (χ1) is 5.61. The van der Waals surface area contributed by atoms with Crippen molar-refractivity contribution < 1.29 is 4.79 Å². The number of hydrogen-bond donors (Lipinski definition) is 1. The van der Waals surface area contributed by atoms with Crippen molar-refractivity contribution in [1.82, 2.24) is 4.98 Å². The van der Waals surface area contributed by atoms with E-state index < -0.39 is 11.3 Å². The van der Waals surface area contributed by atoms with E-state index in [0.717, 1.165) is 4.47 Å². The van der Waals surface area contributed by atoms with Gasteiger partial charge in [0.05, 0.1) is 5.69 Å². The highest BCUT2D eigenvalue weighted by molar-refractivity contribution is 9.10. The third-order valence-corrected chi connectivity index (χ3v) is 2.18. The van der Waals surface area contributed by atoms with Crippen LogP contribution in [-0.4, -0.2) is 10.9 Å².